The van der Waals surface area contributed by atoms with Crippen LogP contribution in [0.4, 0.5) is 0 Å². The fraction of sp³-hybridized carbons (Fsp3) is 0.412. The third kappa shape index (κ3) is 4.61. The van der Waals surface area contributed by atoms with Crippen LogP contribution in [0.25, 0.3) is 0 Å². The van der Waals surface area contributed by atoms with Crippen LogP contribution in [-0.2, 0) is 20.8 Å². The van der Waals surface area contributed by atoms with Gasteiger partial charge in [-0.1, -0.05) is 18.2 Å². The molecule has 3 rings (SSSR count). The summed E-state index contributed by atoms with van der Waals surface area (Å²) < 4.78 is -0.665. The first-order valence-electron chi connectivity index (χ1n) is 7.97. The Balaban J connectivity index is 0. The second-order valence-electron chi connectivity index (χ2n) is 6.78. The van der Waals surface area contributed by atoms with Crippen molar-refractivity contribution in [3.05, 3.63) is 35.4 Å². The van der Waals surface area contributed by atoms with Crippen LogP contribution in [-0.4, -0.2) is 61.1 Å². The van der Waals surface area contributed by atoms with Crippen LogP contribution >= 0.6 is 11.8 Å². The van der Waals surface area contributed by atoms with Crippen molar-refractivity contribution < 1.29 is 91.4 Å². The smallest absolute Gasteiger partial charge is 1.00 e. The minimum atomic E-state index is -1.13. The Bertz CT molecular complexity index is 829. The van der Waals surface area contributed by atoms with Crippen LogP contribution in [0.5, 0.6) is 0 Å². The molecule has 1 aromatic carbocycles. The van der Waals surface area contributed by atoms with Gasteiger partial charge in [0.1, 0.15) is 17.5 Å². The Morgan fingerprint density at radius 1 is 1.21 bits per heavy atom. The number of nitrogens with one attached hydrogen (secondary N) is 1. The van der Waals surface area contributed by atoms with Crippen LogP contribution in [0.2, 0.25) is 0 Å². The Labute approximate surface area is 213 Å². The average molecular weight is 426 g/mol. The molecule has 11 heteroatoms. The van der Waals surface area contributed by atoms with Crippen molar-refractivity contribution in [2.24, 2.45) is 0 Å². The molecule has 8 nitrogen and oxygen atoms in total. The van der Waals surface area contributed by atoms with Gasteiger partial charge in [0, 0.05) is 4.75 Å². The first-order valence-corrected chi connectivity index (χ1v) is 8.85. The number of carbonyl (C=O) groups excluding carboxylic acids is 2. The van der Waals surface area contributed by atoms with Crippen LogP contribution in [0.3, 0.4) is 0 Å². The third-order valence-electron chi connectivity index (χ3n) is 4.59. The van der Waals surface area contributed by atoms with Crippen molar-refractivity contribution in [1.82, 2.24) is 10.2 Å². The summed E-state index contributed by atoms with van der Waals surface area (Å²) in [5, 5.41) is 20.7. The fourth-order valence-corrected chi connectivity index (χ4v) is 5.05. The van der Waals surface area contributed by atoms with Gasteiger partial charge in [0.2, 0.25) is 11.8 Å². The molecule has 142 valence electrons. The summed E-state index contributed by atoms with van der Waals surface area (Å²) >= 11 is 1.34. The van der Waals surface area contributed by atoms with Gasteiger partial charge in [-0.05, 0) is 25.5 Å². The molecule has 0 spiro atoms. The van der Waals surface area contributed by atoms with Gasteiger partial charge in [0.15, 0.2) is 0 Å². The number of hydrogen-bond acceptors (Lipinski definition) is 5. The molecule has 28 heavy (non-hydrogen) atoms. The van der Waals surface area contributed by atoms with Crippen molar-refractivity contribution in [1.29, 1.82) is 0 Å². The van der Waals surface area contributed by atoms with Gasteiger partial charge in [-0.2, -0.15) is 0 Å². The maximum atomic E-state index is 12.3. The van der Waals surface area contributed by atoms with Gasteiger partial charge in [-0.25, -0.2) is 9.59 Å². The number of β-lactam (4-membered cyclic amide) rings is 1. The Kier molecular flexibility index (Phi) is 8.65. The molecule has 2 amide bonds. The number of nitrogens with zero attached hydrogens (tertiary/aromatic N) is 1. The van der Waals surface area contributed by atoms with E-state index in [2.05, 4.69) is 5.32 Å². The predicted octanol–water partition coefficient (Wildman–Crippen LogP) is -5.21. The second-order valence-corrected chi connectivity index (χ2v) is 8.55. The topological polar surface area (TPSA) is 124 Å². The fourth-order valence-electron chi connectivity index (χ4n) is 3.43. The summed E-state index contributed by atoms with van der Waals surface area (Å²) in [6.45, 7) is 3.51. The molecule has 0 radical (unpaired) electrons. The van der Waals surface area contributed by atoms with E-state index >= 15 is 0 Å². The number of benzene rings is 1. The molecule has 0 aliphatic carbocycles. The molecule has 2 unspecified atom stereocenters. The summed E-state index contributed by atoms with van der Waals surface area (Å²) in [4.78, 5) is 48.6. The Morgan fingerprint density at radius 2 is 1.82 bits per heavy atom. The summed E-state index contributed by atoms with van der Waals surface area (Å²) in [6.07, 6.45) is -0.171. The van der Waals surface area contributed by atoms with Crippen molar-refractivity contribution in [3.8, 4) is 0 Å². The van der Waals surface area contributed by atoms with Gasteiger partial charge in [0.05, 0.1) is 12.0 Å². The normalized spacial score (nSPS) is 24.1. The van der Waals surface area contributed by atoms with E-state index in [9.17, 15) is 29.4 Å². The van der Waals surface area contributed by atoms with Crippen LogP contribution in [0.1, 0.15) is 32.6 Å². The summed E-state index contributed by atoms with van der Waals surface area (Å²) in [5.41, 5.74) is 0.385. The van der Waals surface area contributed by atoms with Gasteiger partial charge in [-0.3, -0.25) is 9.59 Å². The molecule has 0 bridgehead atoms. The van der Waals surface area contributed by atoms with Gasteiger partial charge in [0.25, 0.3) is 0 Å². The number of carboxylic acids is 2. The van der Waals surface area contributed by atoms with E-state index < -0.39 is 46.0 Å². The number of aromatic carboxylic acids is 1. The second kappa shape index (κ2) is 9.51. The number of carbonyl (C=O) groups is 4. The molecular weight excluding hydrogens is 406 g/mol. The van der Waals surface area contributed by atoms with E-state index in [4.69, 9.17) is 0 Å². The molecule has 3 N–H and O–H groups in total. The van der Waals surface area contributed by atoms with Crippen molar-refractivity contribution in [3.63, 3.8) is 0 Å². The van der Waals surface area contributed by atoms with E-state index in [1.54, 1.807) is 32.0 Å². The molecule has 3 atom stereocenters. The zero-order valence-corrected chi connectivity index (χ0v) is 20.9. The molecule has 2 heterocycles. The Morgan fingerprint density at radius 3 is 2.39 bits per heavy atom. The van der Waals surface area contributed by atoms with Crippen LogP contribution in [0, 0.1) is 0 Å². The third-order valence-corrected chi connectivity index (χ3v) is 6.16. The molecule has 0 aromatic heterocycles. The molecule has 2 fully saturated rings. The predicted molar refractivity (Wildman–Crippen MR) is 95.0 cm³/mol. The number of amides is 2. The van der Waals surface area contributed by atoms with E-state index in [1.807, 2.05) is 0 Å². The van der Waals surface area contributed by atoms with Crippen LogP contribution in [0.15, 0.2) is 24.3 Å². The number of thioether (sulfide) groups is 1. The summed E-state index contributed by atoms with van der Waals surface area (Å²) in [6, 6.07) is 4.43. The molecule has 1 aromatic rings. The van der Waals surface area contributed by atoms with Crippen molar-refractivity contribution >= 4 is 35.5 Å². The minimum Gasteiger partial charge on any atom is -1.00 e. The monoisotopic (exact) mass is 426 g/mol. The molecule has 2 aliphatic rings. The zero-order chi connectivity index (χ0) is 19.2. The van der Waals surface area contributed by atoms with Crippen molar-refractivity contribution in [2.45, 2.75) is 42.5 Å². The molecule has 2 aliphatic heterocycles. The van der Waals surface area contributed by atoms with E-state index in [1.165, 1.54) is 22.7 Å². The number of hydrogen-bond donors (Lipinski definition) is 3. The maximum Gasteiger partial charge on any atom is 1.00 e. The SMILES string of the molecule is CC1(C)S[C@@H]2C(NC(=O)Cc3ccccc3C(=O)O)C(=O)N2C1C(=O)O.[H-].[H-].[Na+].[Na+]. The van der Waals surface area contributed by atoms with Gasteiger partial charge in [-0.15, -0.1) is 11.8 Å². The summed E-state index contributed by atoms with van der Waals surface area (Å²) in [5.74, 6) is -3.11. The van der Waals surface area contributed by atoms with E-state index in [0.29, 0.717) is 5.56 Å². The van der Waals surface area contributed by atoms with Crippen LogP contribution < -0.4 is 64.4 Å². The Hall–Kier alpha value is -0.550. The quantitative estimate of drug-likeness (QED) is 0.318. The van der Waals surface area contributed by atoms with E-state index in [0.717, 1.165) is 0 Å². The van der Waals surface area contributed by atoms with Crippen molar-refractivity contribution in [2.75, 3.05) is 0 Å². The van der Waals surface area contributed by atoms with Gasteiger partial charge >= 0.3 is 71.1 Å². The maximum absolute atomic E-state index is 12.3. The minimum absolute atomic E-state index is 0. The summed E-state index contributed by atoms with van der Waals surface area (Å²) in [7, 11) is 0. The molecule has 0 saturated carbocycles. The number of rotatable bonds is 5. The first-order chi connectivity index (χ1) is 12.1. The number of aliphatic carboxylic acids is 1. The molecule has 2 saturated heterocycles. The first kappa shape index (κ1) is 25.5. The average Bonchev–Trinajstić information content (AvgIpc) is 2.81. The molecular formula is C17H20N2Na2O6S. The largest absolute Gasteiger partial charge is 1.00 e. The standard InChI is InChI=1S/C17H18N2O6S.2Na.2H/c1-17(2)12(16(24)25)19-13(21)11(14(19)26-17)18-10(20)7-8-5-3-4-6-9(8)15(22)23;;;;/h3-6,11-12,14H,7H2,1-2H3,(H,18,20)(H,22,23)(H,24,25);;;;/q;2*+1;2*-1/t11?,12?,14-;;;;/m1..../s1. The number of fused-ring (bicyclic) bond motifs is 1. The zero-order valence-electron chi connectivity index (χ0n) is 18.1. The van der Waals surface area contributed by atoms with E-state index in [-0.39, 0.29) is 74.0 Å². The number of carboxylic acid groups (broad SMARTS) is 2. The van der Waals surface area contributed by atoms with Gasteiger partial charge < -0.3 is 23.3 Å².